The van der Waals surface area contributed by atoms with Crippen LogP contribution in [-0.2, 0) is 0 Å². The van der Waals surface area contributed by atoms with Gasteiger partial charge in [0, 0.05) is 24.0 Å². The molecule has 0 aromatic heterocycles. The topological polar surface area (TPSA) is 20.3 Å². The van der Waals surface area contributed by atoms with Crippen LogP contribution in [0.3, 0.4) is 0 Å². The second kappa shape index (κ2) is 5.05. The Morgan fingerprint density at radius 1 is 1.00 bits per heavy atom. The molecule has 0 amide bonds. The van der Waals surface area contributed by atoms with Gasteiger partial charge in [0.25, 0.3) is 0 Å². The lowest BCUT2D eigenvalue weighted by atomic mass is 10.1. The van der Waals surface area contributed by atoms with Crippen LogP contribution >= 0.6 is 0 Å². The van der Waals surface area contributed by atoms with Gasteiger partial charge in [0.1, 0.15) is 0 Å². The maximum absolute atomic E-state index is 11.2. The summed E-state index contributed by atoms with van der Waals surface area (Å²) in [5, 5.41) is 0. The predicted molar refractivity (Wildman–Crippen MR) is 75.7 cm³/mol. The smallest absolute Gasteiger partial charge is 0.159 e. The minimum absolute atomic E-state index is 0.0973. The summed E-state index contributed by atoms with van der Waals surface area (Å²) < 4.78 is 0. The van der Waals surface area contributed by atoms with E-state index < -0.39 is 0 Å². The molecule has 0 aliphatic rings. The molecule has 0 aliphatic heterocycles. The van der Waals surface area contributed by atoms with Crippen LogP contribution in [0.2, 0.25) is 0 Å². The first-order valence-corrected chi connectivity index (χ1v) is 6.00. The second-order valence-electron chi connectivity index (χ2n) is 4.45. The van der Waals surface area contributed by atoms with Crippen molar-refractivity contribution < 1.29 is 4.79 Å². The zero-order valence-electron chi connectivity index (χ0n) is 11.0. The van der Waals surface area contributed by atoms with Crippen molar-refractivity contribution >= 4 is 17.2 Å². The molecule has 0 unspecified atom stereocenters. The van der Waals surface area contributed by atoms with Crippen LogP contribution in [0.1, 0.15) is 22.8 Å². The zero-order valence-corrected chi connectivity index (χ0v) is 11.0. The Balaban J connectivity index is 2.32. The SMILES string of the molecule is CC(=O)c1ccc(N(C)c2ccccc2C)cc1. The molecule has 0 spiro atoms. The lowest BCUT2D eigenvalue weighted by molar-refractivity contribution is 0.101. The predicted octanol–water partition coefficient (Wildman–Crippen LogP) is 3.97. The Hall–Kier alpha value is -2.09. The molecule has 2 heteroatoms. The molecule has 0 bridgehead atoms. The summed E-state index contributed by atoms with van der Waals surface area (Å²) in [6, 6.07) is 15.9. The first-order chi connectivity index (χ1) is 8.59. The number of rotatable bonds is 3. The minimum atomic E-state index is 0.0973. The van der Waals surface area contributed by atoms with Gasteiger partial charge in [0.15, 0.2) is 5.78 Å². The van der Waals surface area contributed by atoms with E-state index in [9.17, 15) is 4.79 Å². The third-order valence-electron chi connectivity index (χ3n) is 3.14. The molecule has 0 N–H and O–H groups in total. The van der Waals surface area contributed by atoms with Gasteiger partial charge in [-0.05, 0) is 49.7 Å². The summed E-state index contributed by atoms with van der Waals surface area (Å²) in [6.07, 6.45) is 0. The van der Waals surface area contributed by atoms with Crippen LogP contribution < -0.4 is 4.90 Å². The van der Waals surface area contributed by atoms with Gasteiger partial charge in [-0.3, -0.25) is 4.79 Å². The summed E-state index contributed by atoms with van der Waals surface area (Å²) in [6.45, 7) is 3.68. The van der Waals surface area contributed by atoms with Crippen molar-refractivity contribution in [3.05, 3.63) is 59.7 Å². The number of anilines is 2. The molecule has 0 saturated carbocycles. The minimum Gasteiger partial charge on any atom is -0.344 e. The summed E-state index contributed by atoms with van der Waals surface area (Å²) >= 11 is 0. The monoisotopic (exact) mass is 239 g/mol. The van der Waals surface area contributed by atoms with E-state index in [1.54, 1.807) is 6.92 Å². The summed E-state index contributed by atoms with van der Waals surface area (Å²) in [7, 11) is 2.03. The van der Waals surface area contributed by atoms with E-state index in [2.05, 4.69) is 24.0 Å². The molecule has 0 heterocycles. The average Bonchev–Trinajstić information content (AvgIpc) is 2.38. The number of aryl methyl sites for hydroxylation is 1. The Bertz CT molecular complexity index is 558. The van der Waals surface area contributed by atoms with E-state index in [-0.39, 0.29) is 5.78 Å². The fourth-order valence-electron chi connectivity index (χ4n) is 2.00. The Labute approximate surface area is 108 Å². The lowest BCUT2D eigenvalue weighted by Crippen LogP contribution is -2.10. The lowest BCUT2D eigenvalue weighted by Gasteiger charge is -2.21. The van der Waals surface area contributed by atoms with Crippen molar-refractivity contribution in [2.45, 2.75) is 13.8 Å². The first kappa shape index (κ1) is 12.4. The molecule has 0 aliphatic carbocycles. The third kappa shape index (κ3) is 2.43. The fraction of sp³-hybridized carbons (Fsp3) is 0.188. The van der Waals surface area contributed by atoms with Crippen LogP contribution in [0.25, 0.3) is 0 Å². The third-order valence-corrected chi connectivity index (χ3v) is 3.14. The maximum Gasteiger partial charge on any atom is 0.159 e. The van der Waals surface area contributed by atoms with E-state index in [4.69, 9.17) is 0 Å². The zero-order chi connectivity index (χ0) is 13.1. The molecule has 92 valence electrons. The number of benzene rings is 2. The highest BCUT2D eigenvalue weighted by atomic mass is 16.1. The summed E-state index contributed by atoms with van der Waals surface area (Å²) in [5.41, 5.74) is 4.23. The number of ketones is 1. The summed E-state index contributed by atoms with van der Waals surface area (Å²) in [4.78, 5) is 13.4. The van der Waals surface area contributed by atoms with Crippen LogP contribution in [0, 0.1) is 6.92 Å². The second-order valence-corrected chi connectivity index (χ2v) is 4.45. The molecule has 2 nitrogen and oxygen atoms in total. The number of hydrogen-bond acceptors (Lipinski definition) is 2. The fourth-order valence-corrected chi connectivity index (χ4v) is 2.00. The van der Waals surface area contributed by atoms with E-state index in [0.29, 0.717) is 0 Å². The number of carbonyl (C=O) groups excluding carboxylic acids is 1. The average molecular weight is 239 g/mol. The van der Waals surface area contributed by atoms with Gasteiger partial charge >= 0.3 is 0 Å². The molecule has 0 saturated heterocycles. The molecule has 18 heavy (non-hydrogen) atoms. The van der Waals surface area contributed by atoms with Crippen molar-refractivity contribution in [2.75, 3.05) is 11.9 Å². The van der Waals surface area contributed by atoms with Gasteiger partial charge in [-0.2, -0.15) is 0 Å². The Kier molecular flexibility index (Phi) is 3.47. The van der Waals surface area contributed by atoms with Crippen molar-refractivity contribution in [1.29, 1.82) is 0 Å². The number of para-hydroxylation sites is 1. The molecule has 2 aromatic carbocycles. The van der Waals surface area contributed by atoms with Gasteiger partial charge in [-0.25, -0.2) is 0 Å². The Morgan fingerprint density at radius 3 is 2.17 bits per heavy atom. The van der Waals surface area contributed by atoms with E-state index in [1.807, 2.05) is 43.4 Å². The van der Waals surface area contributed by atoms with Crippen molar-refractivity contribution in [2.24, 2.45) is 0 Å². The molecule has 0 atom stereocenters. The van der Waals surface area contributed by atoms with Crippen LogP contribution in [-0.4, -0.2) is 12.8 Å². The highest BCUT2D eigenvalue weighted by molar-refractivity contribution is 5.94. The highest BCUT2D eigenvalue weighted by Gasteiger charge is 2.06. The molecule has 0 fully saturated rings. The molecule has 2 aromatic rings. The van der Waals surface area contributed by atoms with Crippen molar-refractivity contribution in [1.82, 2.24) is 0 Å². The van der Waals surface area contributed by atoms with Crippen LogP contribution in [0.15, 0.2) is 48.5 Å². The number of carbonyl (C=O) groups is 1. The largest absolute Gasteiger partial charge is 0.344 e. The van der Waals surface area contributed by atoms with Gasteiger partial charge in [-0.15, -0.1) is 0 Å². The highest BCUT2D eigenvalue weighted by Crippen LogP contribution is 2.26. The van der Waals surface area contributed by atoms with E-state index >= 15 is 0 Å². The van der Waals surface area contributed by atoms with Gasteiger partial charge < -0.3 is 4.90 Å². The number of Topliss-reactive ketones (excluding diaryl/α,β-unsaturated/α-hetero) is 1. The summed E-state index contributed by atoms with van der Waals surface area (Å²) in [5.74, 6) is 0.0973. The molecule has 2 rings (SSSR count). The first-order valence-electron chi connectivity index (χ1n) is 6.00. The molecular formula is C16H17NO. The van der Waals surface area contributed by atoms with Gasteiger partial charge in [0.2, 0.25) is 0 Å². The van der Waals surface area contributed by atoms with Crippen molar-refractivity contribution in [3.63, 3.8) is 0 Å². The normalized spacial score (nSPS) is 10.2. The number of nitrogens with zero attached hydrogens (tertiary/aromatic N) is 1. The Morgan fingerprint density at radius 2 is 1.61 bits per heavy atom. The van der Waals surface area contributed by atoms with E-state index in [1.165, 1.54) is 11.3 Å². The van der Waals surface area contributed by atoms with Gasteiger partial charge in [-0.1, -0.05) is 18.2 Å². The van der Waals surface area contributed by atoms with Crippen LogP contribution in [0.4, 0.5) is 11.4 Å². The number of hydrogen-bond donors (Lipinski definition) is 0. The standard InChI is InChI=1S/C16H17NO/c1-12-6-4-5-7-16(12)17(3)15-10-8-14(9-11-15)13(2)18/h4-11H,1-3H3. The quantitative estimate of drug-likeness (QED) is 0.755. The maximum atomic E-state index is 11.2. The van der Waals surface area contributed by atoms with E-state index in [0.717, 1.165) is 11.3 Å². The van der Waals surface area contributed by atoms with Gasteiger partial charge in [0.05, 0.1) is 0 Å². The van der Waals surface area contributed by atoms with Crippen LogP contribution in [0.5, 0.6) is 0 Å². The van der Waals surface area contributed by atoms with Crippen molar-refractivity contribution in [3.8, 4) is 0 Å². The molecule has 0 radical (unpaired) electrons. The molecular weight excluding hydrogens is 222 g/mol.